The highest BCUT2D eigenvalue weighted by molar-refractivity contribution is 7.99. The molecule has 0 radical (unpaired) electrons. The largest absolute Gasteiger partial charge is 0.354 e. The van der Waals surface area contributed by atoms with E-state index in [-0.39, 0.29) is 11.7 Å². The van der Waals surface area contributed by atoms with Crippen molar-refractivity contribution in [3.8, 4) is 11.8 Å². The fraction of sp³-hybridized carbons (Fsp3) is 0.438. The molecule has 1 heterocycles. The van der Waals surface area contributed by atoms with Crippen LogP contribution in [0, 0.1) is 11.3 Å². The first-order valence-electron chi connectivity index (χ1n) is 7.88. The lowest BCUT2D eigenvalue weighted by Crippen LogP contribution is -2.26. The van der Waals surface area contributed by atoms with E-state index in [2.05, 4.69) is 39.9 Å². The molecule has 1 aromatic heterocycles. The molecule has 0 aliphatic rings. The molecule has 24 heavy (non-hydrogen) atoms. The van der Waals surface area contributed by atoms with Gasteiger partial charge in [-0.1, -0.05) is 37.2 Å². The number of nitrogens with one attached hydrogen (secondary N) is 1. The van der Waals surface area contributed by atoms with Crippen molar-refractivity contribution in [2.24, 2.45) is 0 Å². The Morgan fingerprint density at radius 1 is 1.38 bits per heavy atom. The van der Waals surface area contributed by atoms with E-state index in [1.165, 1.54) is 30.2 Å². The van der Waals surface area contributed by atoms with Gasteiger partial charge in [0.2, 0.25) is 11.1 Å². The third kappa shape index (κ3) is 5.35. The summed E-state index contributed by atoms with van der Waals surface area (Å²) >= 11 is 1.26. The van der Waals surface area contributed by atoms with Crippen molar-refractivity contribution in [3.05, 3.63) is 29.8 Å². The molecule has 1 amide bonds. The predicted octanol–water partition coefficient (Wildman–Crippen LogP) is 2.13. The zero-order chi connectivity index (χ0) is 17.2. The second-order valence-corrected chi connectivity index (χ2v) is 6.13. The number of tetrazole rings is 1. The molecule has 0 saturated heterocycles. The molecule has 0 spiro atoms. The molecule has 0 unspecified atom stereocenters. The van der Waals surface area contributed by atoms with Crippen LogP contribution in [0.5, 0.6) is 0 Å². The second-order valence-electron chi connectivity index (χ2n) is 5.19. The Kier molecular flexibility index (Phi) is 7.23. The lowest BCUT2D eigenvalue weighted by atomic mass is 10.1. The highest BCUT2D eigenvalue weighted by Crippen LogP contribution is 2.18. The smallest absolute Gasteiger partial charge is 0.230 e. The van der Waals surface area contributed by atoms with Crippen LogP contribution in [-0.2, 0) is 11.2 Å². The molecule has 2 aromatic rings. The van der Waals surface area contributed by atoms with E-state index in [1.807, 2.05) is 18.2 Å². The summed E-state index contributed by atoms with van der Waals surface area (Å²) in [4.78, 5) is 11.7. The number of hydrogen-bond donors (Lipinski definition) is 1. The minimum Gasteiger partial charge on any atom is -0.354 e. The maximum atomic E-state index is 11.7. The van der Waals surface area contributed by atoms with Crippen molar-refractivity contribution >= 4 is 17.7 Å². The zero-order valence-corrected chi connectivity index (χ0v) is 14.4. The van der Waals surface area contributed by atoms with Crippen molar-refractivity contribution < 1.29 is 4.79 Å². The number of nitriles is 1. The monoisotopic (exact) mass is 344 g/mol. The first-order valence-corrected chi connectivity index (χ1v) is 8.87. The molecule has 8 heteroatoms. The van der Waals surface area contributed by atoms with Crippen LogP contribution in [0.3, 0.4) is 0 Å². The lowest BCUT2D eigenvalue weighted by molar-refractivity contribution is -0.118. The lowest BCUT2D eigenvalue weighted by Gasteiger charge is -2.06. The van der Waals surface area contributed by atoms with Gasteiger partial charge >= 0.3 is 0 Å². The van der Waals surface area contributed by atoms with Gasteiger partial charge in [0.1, 0.15) is 0 Å². The Morgan fingerprint density at radius 2 is 2.17 bits per heavy atom. The zero-order valence-electron chi connectivity index (χ0n) is 13.6. The molecular weight excluding hydrogens is 324 g/mol. The van der Waals surface area contributed by atoms with Gasteiger partial charge < -0.3 is 5.32 Å². The normalized spacial score (nSPS) is 10.3. The van der Waals surface area contributed by atoms with E-state index in [9.17, 15) is 4.79 Å². The summed E-state index contributed by atoms with van der Waals surface area (Å²) in [6.45, 7) is 2.54. The summed E-state index contributed by atoms with van der Waals surface area (Å²) in [6.07, 6.45) is 3.72. The van der Waals surface area contributed by atoms with Crippen molar-refractivity contribution in [1.29, 1.82) is 5.26 Å². The van der Waals surface area contributed by atoms with Crippen LogP contribution < -0.4 is 5.32 Å². The second kappa shape index (κ2) is 9.67. The van der Waals surface area contributed by atoms with Gasteiger partial charge in [-0.3, -0.25) is 4.79 Å². The molecule has 126 valence electrons. The predicted molar refractivity (Wildman–Crippen MR) is 91.7 cm³/mol. The molecule has 0 fully saturated rings. The van der Waals surface area contributed by atoms with Crippen LogP contribution >= 0.6 is 11.8 Å². The quantitative estimate of drug-likeness (QED) is 0.553. The van der Waals surface area contributed by atoms with Gasteiger partial charge in [-0.25, -0.2) is 0 Å². The highest BCUT2D eigenvalue weighted by atomic mass is 32.2. The van der Waals surface area contributed by atoms with E-state index in [1.54, 1.807) is 4.68 Å². The summed E-state index contributed by atoms with van der Waals surface area (Å²) in [6, 6.07) is 10.1. The SMILES string of the molecule is CCCCc1ccc(-n2nnnc2SCC(=O)NCCC#N)cc1. The molecule has 1 aromatic carbocycles. The molecular formula is C16H20N6OS. The first-order chi connectivity index (χ1) is 11.7. The average Bonchev–Trinajstić information content (AvgIpc) is 3.07. The van der Waals surface area contributed by atoms with Gasteiger partial charge in [-0.15, -0.1) is 5.10 Å². The van der Waals surface area contributed by atoms with Gasteiger partial charge in [-0.05, 0) is 41.0 Å². The van der Waals surface area contributed by atoms with E-state index in [4.69, 9.17) is 5.26 Å². The number of aryl methyl sites for hydroxylation is 1. The summed E-state index contributed by atoms with van der Waals surface area (Å²) in [7, 11) is 0. The average molecular weight is 344 g/mol. The van der Waals surface area contributed by atoms with E-state index in [0.717, 1.165) is 12.1 Å². The third-order valence-corrected chi connectivity index (χ3v) is 4.25. The van der Waals surface area contributed by atoms with Crippen LogP contribution in [0.25, 0.3) is 5.69 Å². The number of aromatic nitrogens is 4. The van der Waals surface area contributed by atoms with E-state index < -0.39 is 0 Å². The Labute approximate surface area is 145 Å². The number of carbonyl (C=O) groups is 1. The summed E-state index contributed by atoms with van der Waals surface area (Å²) in [5, 5.41) is 23.3. The Bertz CT molecular complexity index is 691. The number of thioether (sulfide) groups is 1. The molecule has 0 saturated carbocycles. The number of carbonyl (C=O) groups excluding carboxylic acids is 1. The summed E-state index contributed by atoms with van der Waals surface area (Å²) in [5.41, 5.74) is 2.16. The van der Waals surface area contributed by atoms with Crippen molar-refractivity contribution in [1.82, 2.24) is 25.5 Å². The third-order valence-electron chi connectivity index (χ3n) is 3.33. The Morgan fingerprint density at radius 3 is 2.88 bits per heavy atom. The van der Waals surface area contributed by atoms with Crippen LogP contribution in [0.2, 0.25) is 0 Å². The van der Waals surface area contributed by atoms with Crippen LogP contribution in [0.15, 0.2) is 29.4 Å². The van der Waals surface area contributed by atoms with Crippen LogP contribution in [0.4, 0.5) is 0 Å². The fourth-order valence-electron chi connectivity index (χ4n) is 2.05. The van der Waals surface area contributed by atoms with Gasteiger partial charge in [0.15, 0.2) is 0 Å². The molecule has 2 rings (SSSR count). The number of unbranched alkanes of at least 4 members (excludes halogenated alkanes) is 1. The molecule has 0 atom stereocenters. The molecule has 0 aliphatic heterocycles. The molecule has 1 N–H and O–H groups in total. The fourth-order valence-corrected chi connectivity index (χ4v) is 2.78. The van der Waals surface area contributed by atoms with Gasteiger partial charge in [0, 0.05) is 6.54 Å². The molecule has 0 aliphatic carbocycles. The van der Waals surface area contributed by atoms with Crippen molar-refractivity contribution in [3.63, 3.8) is 0 Å². The summed E-state index contributed by atoms with van der Waals surface area (Å²) < 4.78 is 1.62. The number of nitrogens with zero attached hydrogens (tertiary/aromatic N) is 5. The van der Waals surface area contributed by atoms with E-state index in [0.29, 0.717) is 18.1 Å². The maximum absolute atomic E-state index is 11.7. The first kappa shape index (κ1) is 17.9. The maximum Gasteiger partial charge on any atom is 0.230 e. The number of amides is 1. The standard InChI is InChI=1S/C16H20N6OS/c1-2-3-5-13-6-8-14(9-7-13)22-16(19-20-21-22)24-12-15(23)18-11-4-10-17/h6-9H,2-5,11-12H2,1H3,(H,18,23). The van der Waals surface area contributed by atoms with Gasteiger partial charge in [-0.2, -0.15) is 9.94 Å². The highest BCUT2D eigenvalue weighted by Gasteiger charge is 2.11. The minimum atomic E-state index is -0.139. The van der Waals surface area contributed by atoms with Gasteiger partial charge in [0.25, 0.3) is 0 Å². The van der Waals surface area contributed by atoms with Crippen LogP contribution in [0.1, 0.15) is 31.7 Å². The minimum absolute atomic E-state index is 0.139. The van der Waals surface area contributed by atoms with Crippen molar-refractivity contribution in [2.75, 3.05) is 12.3 Å². The molecule has 0 bridgehead atoms. The number of hydrogen-bond acceptors (Lipinski definition) is 6. The summed E-state index contributed by atoms with van der Waals surface area (Å²) in [5.74, 6) is 0.0696. The topological polar surface area (TPSA) is 96.5 Å². The number of rotatable bonds is 9. The number of benzene rings is 1. The molecule has 7 nitrogen and oxygen atoms in total. The van der Waals surface area contributed by atoms with E-state index >= 15 is 0 Å². The van der Waals surface area contributed by atoms with Crippen LogP contribution in [-0.4, -0.2) is 38.4 Å². The van der Waals surface area contributed by atoms with Gasteiger partial charge in [0.05, 0.1) is 23.9 Å². The Balaban J connectivity index is 1.94. The van der Waals surface area contributed by atoms with Crippen molar-refractivity contribution in [2.45, 2.75) is 37.8 Å². The Hall–Kier alpha value is -2.40.